The third kappa shape index (κ3) is 4.71. The summed E-state index contributed by atoms with van der Waals surface area (Å²) in [6.07, 6.45) is 0.734. The van der Waals surface area contributed by atoms with E-state index in [0.29, 0.717) is 29.7 Å². The standard InChI is InChI=1S/C21H23FN2O4S/c1-14-6-7-18(13-20(14)22)23-21(26)16-8-10-24(11-9-16)29(27,28)19-5-3-4-17(12-19)15(2)25/h3-7,12-13,16H,8-11H2,1-2H3,(H,23,26). The zero-order valence-electron chi connectivity index (χ0n) is 16.3. The minimum atomic E-state index is -3.74. The highest BCUT2D eigenvalue weighted by Gasteiger charge is 2.32. The van der Waals surface area contributed by atoms with Gasteiger partial charge in [0.2, 0.25) is 15.9 Å². The largest absolute Gasteiger partial charge is 0.326 e. The third-order valence-electron chi connectivity index (χ3n) is 5.14. The van der Waals surface area contributed by atoms with E-state index in [1.807, 2.05) is 0 Å². The van der Waals surface area contributed by atoms with E-state index in [2.05, 4.69) is 5.32 Å². The number of anilines is 1. The molecule has 8 heteroatoms. The van der Waals surface area contributed by atoms with Gasteiger partial charge in [0.25, 0.3) is 0 Å². The number of nitrogens with zero attached hydrogens (tertiary/aromatic N) is 1. The highest BCUT2D eigenvalue weighted by atomic mass is 32.2. The highest BCUT2D eigenvalue weighted by Crippen LogP contribution is 2.26. The lowest BCUT2D eigenvalue weighted by Crippen LogP contribution is -2.41. The van der Waals surface area contributed by atoms with E-state index in [1.54, 1.807) is 31.2 Å². The van der Waals surface area contributed by atoms with Gasteiger partial charge in [-0.25, -0.2) is 12.8 Å². The number of Topliss-reactive ketones (excluding diaryl/α,β-unsaturated/α-hetero) is 1. The number of piperidine rings is 1. The molecule has 1 aliphatic rings. The highest BCUT2D eigenvalue weighted by molar-refractivity contribution is 7.89. The molecule has 1 aliphatic heterocycles. The van der Waals surface area contributed by atoms with Gasteiger partial charge in [0, 0.05) is 30.3 Å². The molecule has 0 spiro atoms. The molecule has 154 valence electrons. The minimum Gasteiger partial charge on any atom is -0.326 e. The number of halogens is 1. The van der Waals surface area contributed by atoms with Gasteiger partial charge in [-0.3, -0.25) is 9.59 Å². The maximum atomic E-state index is 13.6. The smallest absolute Gasteiger partial charge is 0.243 e. The van der Waals surface area contributed by atoms with Crippen molar-refractivity contribution >= 4 is 27.4 Å². The molecule has 6 nitrogen and oxygen atoms in total. The van der Waals surface area contributed by atoms with Crippen LogP contribution in [0.1, 0.15) is 35.7 Å². The Morgan fingerprint density at radius 2 is 1.79 bits per heavy atom. The molecule has 1 fully saturated rings. The number of benzene rings is 2. The summed E-state index contributed by atoms with van der Waals surface area (Å²) in [7, 11) is -3.74. The zero-order valence-corrected chi connectivity index (χ0v) is 17.1. The second-order valence-electron chi connectivity index (χ2n) is 7.22. The maximum absolute atomic E-state index is 13.6. The van der Waals surface area contributed by atoms with Gasteiger partial charge in [0.15, 0.2) is 5.78 Å². The number of hydrogen-bond donors (Lipinski definition) is 1. The summed E-state index contributed by atoms with van der Waals surface area (Å²) in [5.41, 5.74) is 1.22. The van der Waals surface area contributed by atoms with Crippen molar-refractivity contribution in [2.75, 3.05) is 18.4 Å². The minimum absolute atomic E-state index is 0.0724. The lowest BCUT2D eigenvalue weighted by Gasteiger charge is -2.30. The third-order valence-corrected chi connectivity index (χ3v) is 7.04. The van der Waals surface area contributed by atoms with Crippen LogP contribution in [-0.2, 0) is 14.8 Å². The maximum Gasteiger partial charge on any atom is 0.243 e. The van der Waals surface area contributed by atoms with Gasteiger partial charge in [0.1, 0.15) is 5.82 Å². The fourth-order valence-corrected chi connectivity index (χ4v) is 4.81. The summed E-state index contributed by atoms with van der Waals surface area (Å²) in [6, 6.07) is 10.5. The second-order valence-corrected chi connectivity index (χ2v) is 9.15. The quantitative estimate of drug-likeness (QED) is 0.755. The van der Waals surface area contributed by atoms with Crippen molar-refractivity contribution in [3.05, 3.63) is 59.4 Å². The molecule has 0 bridgehead atoms. The van der Waals surface area contributed by atoms with E-state index in [1.165, 1.54) is 29.4 Å². The van der Waals surface area contributed by atoms with Crippen molar-refractivity contribution in [1.29, 1.82) is 0 Å². The SMILES string of the molecule is CC(=O)c1cccc(S(=O)(=O)N2CCC(C(=O)Nc3ccc(C)c(F)c3)CC2)c1. The van der Waals surface area contributed by atoms with Crippen LogP contribution in [0.5, 0.6) is 0 Å². The first-order valence-electron chi connectivity index (χ1n) is 9.36. The fraction of sp³-hybridized carbons (Fsp3) is 0.333. The van der Waals surface area contributed by atoms with Crippen molar-refractivity contribution < 1.29 is 22.4 Å². The molecule has 29 heavy (non-hydrogen) atoms. The van der Waals surface area contributed by atoms with Gasteiger partial charge >= 0.3 is 0 Å². The van der Waals surface area contributed by atoms with Crippen LogP contribution in [-0.4, -0.2) is 37.5 Å². The molecule has 0 unspecified atom stereocenters. The second kappa shape index (κ2) is 8.42. The van der Waals surface area contributed by atoms with Crippen molar-refractivity contribution in [2.45, 2.75) is 31.6 Å². The van der Waals surface area contributed by atoms with Crippen LogP contribution >= 0.6 is 0 Å². The van der Waals surface area contributed by atoms with Crippen LogP contribution in [0, 0.1) is 18.7 Å². The number of hydrogen-bond acceptors (Lipinski definition) is 4. The van der Waals surface area contributed by atoms with Crippen molar-refractivity contribution in [3.63, 3.8) is 0 Å². The molecular weight excluding hydrogens is 395 g/mol. The molecule has 1 amide bonds. The number of rotatable bonds is 5. The average molecular weight is 418 g/mol. The van der Waals surface area contributed by atoms with Gasteiger partial charge < -0.3 is 5.32 Å². The van der Waals surface area contributed by atoms with Crippen molar-refractivity contribution in [1.82, 2.24) is 4.31 Å². The molecule has 1 saturated heterocycles. The molecule has 0 aromatic heterocycles. The van der Waals surface area contributed by atoms with Crippen LogP contribution in [0.15, 0.2) is 47.4 Å². The topological polar surface area (TPSA) is 83.6 Å². The van der Waals surface area contributed by atoms with Crippen LogP contribution in [0.3, 0.4) is 0 Å². The normalized spacial score (nSPS) is 15.8. The number of carbonyl (C=O) groups is 2. The Morgan fingerprint density at radius 1 is 1.10 bits per heavy atom. The van der Waals surface area contributed by atoms with Gasteiger partial charge in [-0.15, -0.1) is 0 Å². The summed E-state index contributed by atoms with van der Waals surface area (Å²) in [5.74, 6) is -1.19. The predicted octanol–water partition coefficient (Wildman–Crippen LogP) is 3.38. The molecule has 1 N–H and O–H groups in total. The number of ketones is 1. The molecular formula is C21H23FN2O4S. The fourth-order valence-electron chi connectivity index (χ4n) is 3.30. The van der Waals surface area contributed by atoms with Gasteiger partial charge in [0.05, 0.1) is 4.90 Å². The van der Waals surface area contributed by atoms with E-state index >= 15 is 0 Å². The van der Waals surface area contributed by atoms with Crippen LogP contribution in [0.25, 0.3) is 0 Å². The molecule has 1 heterocycles. The monoisotopic (exact) mass is 418 g/mol. The predicted molar refractivity (Wildman–Crippen MR) is 108 cm³/mol. The average Bonchev–Trinajstić information content (AvgIpc) is 2.71. The molecule has 2 aromatic rings. The van der Waals surface area contributed by atoms with E-state index in [9.17, 15) is 22.4 Å². The Morgan fingerprint density at radius 3 is 2.41 bits per heavy atom. The Kier molecular flexibility index (Phi) is 6.14. The number of amides is 1. The van der Waals surface area contributed by atoms with Crippen molar-refractivity contribution in [3.8, 4) is 0 Å². The lowest BCUT2D eigenvalue weighted by molar-refractivity contribution is -0.120. The summed E-state index contributed by atoms with van der Waals surface area (Å²) >= 11 is 0. The number of sulfonamides is 1. The van der Waals surface area contributed by atoms with Crippen molar-refractivity contribution in [2.24, 2.45) is 5.92 Å². The van der Waals surface area contributed by atoms with Gasteiger partial charge in [-0.05, 0) is 56.5 Å². The lowest BCUT2D eigenvalue weighted by atomic mass is 9.97. The van der Waals surface area contributed by atoms with Gasteiger partial charge in [-0.1, -0.05) is 18.2 Å². The Labute approximate surface area is 169 Å². The molecule has 0 radical (unpaired) electrons. The molecule has 3 rings (SSSR count). The first-order valence-corrected chi connectivity index (χ1v) is 10.8. The van der Waals surface area contributed by atoms with Crippen LogP contribution < -0.4 is 5.32 Å². The number of nitrogens with one attached hydrogen (secondary N) is 1. The summed E-state index contributed by atoms with van der Waals surface area (Å²) in [5, 5.41) is 2.70. The van der Waals surface area contributed by atoms with E-state index in [0.717, 1.165) is 0 Å². The van der Waals surface area contributed by atoms with E-state index in [-0.39, 0.29) is 35.6 Å². The van der Waals surface area contributed by atoms with Crippen LogP contribution in [0.4, 0.5) is 10.1 Å². The first kappa shape index (κ1) is 21.1. The first-order chi connectivity index (χ1) is 13.7. The van der Waals surface area contributed by atoms with E-state index < -0.39 is 15.8 Å². The molecule has 0 aliphatic carbocycles. The summed E-state index contributed by atoms with van der Waals surface area (Å²) in [4.78, 5) is 24.1. The molecule has 0 saturated carbocycles. The Hall–Kier alpha value is -2.58. The van der Waals surface area contributed by atoms with E-state index in [4.69, 9.17) is 0 Å². The van der Waals surface area contributed by atoms with Gasteiger partial charge in [-0.2, -0.15) is 4.31 Å². The number of carbonyl (C=O) groups excluding carboxylic acids is 2. The summed E-state index contributed by atoms with van der Waals surface area (Å²) in [6.45, 7) is 3.43. The number of aryl methyl sites for hydroxylation is 1. The molecule has 2 aromatic carbocycles. The zero-order chi connectivity index (χ0) is 21.2. The Balaban J connectivity index is 1.65. The van der Waals surface area contributed by atoms with Crippen LogP contribution in [0.2, 0.25) is 0 Å². The summed E-state index contributed by atoms with van der Waals surface area (Å²) < 4.78 is 40.7. The Bertz CT molecular complexity index is 1040. The molecule has 0 atom stereocenters.